The molecule has 2 aliphatic rings. The lowest BCUT2D eigenvalue weighted by molar-refractivity contribution is -0.121. The van der Waals surface area contributed by atoms with Gasteiger partial charge in [0.1, 0.15) is 5.75 Å². The number of methoxy groups -OCH3 is 1. The molecule has 1 amide bonds. The van der Waals surface area contributed by atoms with E-state index >= 15 is 0 Å². The van der Waals surface area contributed by atoms with Crippen LogP contribution in [0, 0.1) is 0 Å². The Morgan fingerprint density at radius 2 is 1.91 bits per heavy atom. The summed E-state index contributed by atoms with van der Waals surface area (Å²) in [7, 11) is 1.63. The van der Waals surface area contributed by atoms with E-state index in [4.69, 9.17) is 4.74 Å². The summed E-state index contributed by atoms with van der Waals surface area (Å²) >= 11 is 0. The van der Waals surface area contributed by atoms with Crippen molar-refractivity contribution in [3.05, 3.63) is 59.7 Å². The van der Waals surface area contributed by atoms with Gasteiger partial charge in [0.05, 0.1) is 12.8 Å². The summed E-state index contributed by atoms with van der Waals surface area (Å²) in [4.78, 5) is 12.5. The molecule has 110 valence electrons. The molecule has 2 aromatic rings. The lowest BCUT2D eigenvalue weighted by Gasteiger charge is -2.20. The molecular formula is C17H15N3O2. The van der Waals surface area contributed by atoms with Crippen molar-refractivity contribution < 1.29 is 9.53 Å². The molecule has 0 radical (unpaired) electrons. The molecule has 0 aromatic heterocycles. The summed E-state index contributed by atoms with van der Waals surface area (Å²) in [6, 6.07) is 15.4. The standard InChI is InChI=1S/C17H15N3O2/c1-22-15-9-5-2-6-11(15)14-10-17(20-19-14)12-7-3-4-8-13(12)18-16(17)21/h2-9,20H,10H2,1H3,(H,18,21). The maximum absolute atomic E-state index is 12.5. The largest absolute Gasteiger partial charge is 0.496 e. The Labute approximate surface area is 128 Å². The van der Waals surface area contributed by atoms with Crippen molar-refractivity contribution in [2.45, 2.75) is 12.0 Å². The van der Waals surface area contributed by atoms with E-state index in [1.807, 2.05) is 48.5 Å². The number of ether oxygens (including phenoxy) is 1. The van der Waals surface area contributed by atoms with Crippen LogP contribution in [0.5, 0.6) is 5.75 Å². The smallest absolute Gasteiger partial charge is 0.256 e. The number of fused-ring (bicyclic) bond motifs is 2. The Morgan fingerprint density at radius 3 is 2.77 bits per heavy atom. The summed E-state index contributed by atoms with van der Waals surface area (Å²) in [6.07, 6.45) is 0.496. The third-order valence-corrected chi connectivity index (χ3v) is 4.25. The van der Waals surface area contributed by atoms with Crippen LogP contribution in [0.2, 0.25) is 0 Å². The average molecular weight is 293 g/mol. The summed E-state index contributed by atoms with van der Waals surface area (Å²) in [5, 5.41) is 7.35. The minimum atomic E-state index is -0.813. The van der Waals surface area contributed by atoms with Crippen LogP contribution in [-0.2, 0) is 10.3 Å². The fourth-order valence-electron chi connectivity index (χ4n) is 3.13. The van der Waals surface area contributed by atoms with Gasteiger partial charge in [0.2, 0.25) is 0 Å². The molecule has 0 bridgehead atoms. The van der Waals surface area contributed by atoms with Crippen LogP contribution in [0.15, 0.2) is 53.6 Å². The number of benzene rings is 2. The van der Waals surface area contributed by atoms with Crippen LogP contribution >= 0.6 is 0 Å². The van der Waals surface area contributed by atoms with Gasteiger partial charge in [0.15, 0.2) is 5.54 Å². The van der Waals surface area contributed by atoms with Gasteiger partial charge in [-0.25, -0.2) is 0 Å². The van der Waals surface area contributed by atoms with Crippen molar-refractivity contribution in [2.75, 3.05) is 12.4 Å². The van der Waals surface area contributed by atoms with Gasteiger partial charge in [-0.1, -0.05) is 30.3 Å². The molecular weight excluding hydrogens is 278 g/mol. The van der Waals surface area contributed by atoms with Gasteiger partial charge in [0.25, 0.3) is 5.91 Å². The zero-order valence-corrected chi connectivity index (χ0v) is 12.1. The van der Waals surface area contributed by atoms with E-state index in [2.05, 4.69) is 15.8 Å². The number of anilines is 1. The third kappa shape index (κ3) is 1.65. The van der Waals surface area contributed by atoms with Crippen molar-refractivity contribution in [1.29, 1.82) is 0 Å². The first-order chi connectivity index (χ1) is 10.7. The molecule has 0 fully saturated rings. The van der Waals surface area contributed by atoms with E-state index in [-0.39, 0.29) is 5.91 Å². The van der Waals surface area contributed by atoms with Gasteiger partial charge in [-0.2, -0.15) is 5.10 Å². The van der Waals surface area contributed by atoms with Crippen molar-refractivity contribution in [3.63, 3.8) is 0 Å². The van der Waals surface area contributed by atoms with Crippen LogP contribution in [0.4, 0.5) is 5.69 Å². The van der Waals surface area contributed by atoms with E-state index in [1.165, 1.54) is 0 Å². The van der Waals surface area contributed by atoms with E-state index in [0.29, 0.717) is 6.42 Å². The topological polar surface area (TPSA) is 62.7 Å². The summed E-state index contributed by atoms with van der Waals surface area (Å²) in [6.45, 7) is 0. The Bertz CT molecular complexity index is 800. The lowest BCUT2D eigenvalue weighted by atomic mass is 9.86. The van der Waals surface area contributed by atoms with Crippen LogP contribution < -0.4 is 15.5 Å². The molecule has 1 unspecified atom stereocenters. The fourth-order valence-corrected chi connectivity index (χ4v) is 3.13. The Morgan fingerprint density at radius 1 is 1.14 bits per heavy atom. The molecule has 5 heteroatoms. The first-order valence-electron chi connectivity index (χ1n) is 7.13. The van der Waals surface area contributed by atoms with Crippen molar-refractivity contribution >= 4 is 17.3 Å². The van der Waals surface area contributed by atoms with Gasteiger partial charge < -0.3 is 10.1 Å². The average Bonchev–Trinajstić information content (AvgIpc) is 3.12. The van der Waals surface area contributed by atoms with Crippen molar-refractivity contribution in [2.24, 2.45) is 5.10 Å². The van der Waals surface area contributed by atoms with E-state index in [9.17, 15) is 4.79 Å². The van der Waals surface area contributed by atoms with Crippen LogP contribution in [0.3, 0.4) is 0 Å². The first kappa shape index (κ1) is 12.9. The number of nitrogens with one attached hydrogen (secondary N) is 2. The molecule has 2 aliphatic heterocycles. The van der Waals surface area contributed by atoms with E-state index in [1.54, 1.807) is 7.11 Å². The predicted molar refractivity (Wildman–Crippen MR) is 84.0 cm³/mol. The van der Waals surface area contributed by atoms with E-state index < -0.39 is 5.54 Å². The summed E-state index contributed by atoms with van der Waals surface area (Å²) in [5.74, 6) is 0.689. The predicted octanol–water partition coefficient (Wildman–Crippen LogP) is 2.24. The normalized spacial score (nSPS) is 22.0. The van der Waals surface area contributed by atoms with Gasteiger partial charge in [-0.3, -0.25) is 10.2 Å². The van der Waals surface area contributed by atoms with Crippen LogP contribution in [0.1, 0.15) is 17.5 Å². The maximum Gasteiger partial charge on any atom is 0.256 e. The Kier molecular flexibility index (Phi) is 2.69. The number of rotatable bonds is 2. The minimum absolute atomic E-state index is 0.0673. The number of nitrogens with zero attached hydrogens (tertiary/aromatic N) is 1. The van der Waals surface area contributed by atoms with Crippen molar-refractivity contribution in [3.8, 4) is 5.75 Å². The molecule has 2 aromatic carbocycles. The maximum atomic E-state index is 12.5. The summed E-state index contributed by atoms with van der Waals surface area (Å²) in [5.41, 5.74) is 5.76. The fraction of sp³-hybridized carbons (Fsp3) is 0.176. The highest BCUT2D eigenvalue weighted by atomic mass is 16.5. The molecule has 22 heavy (non-hydrogen) atoms. The molecule has 0 saturated carbocycles. The number of carbonyl (C=O) groups excluding carboxylic acids is 1. The number of carbonyl (C=O) groups is 1. The molecule has 2 N–H and O–H groups in total. The van der Waals surface area contributed by atoms with Crippen LogP contribution in [-0.4, -0.2) is 18.7 Å². The molecule has 0 aliphatic carbocycles. The number of hydrogen-bond donors (Lipinski definition) is 2. The monoisotopic (exact) mass is 293 g/mol. The second kappa shape index (κ2) is 4.59. The highest BCUT2D eigenvalue weighted by Gasteiger charge is 2.50. The number of amides is 1. The first-order valence-corrected chi connectivity index (χ1v) is 7.13. The van der Waals surface area contributed by atoms with E-state index in [0.717, 1.165) is 28.3 Å². The van der Waals surface area contributed by atoms with Gasteiger partial charge in [-0.05, 0) is 18.2 Å². The van der Waals surface area contributed by atoms with Gasteiger partial charge in [0, 0.05) is 23.2 Å². The Balaban J connectivity index is 1.74. The quantitative estimate of drug-likeness (QED) is 0.892. The molecule has 5 nitrogen and oxygen atoms in total. The lowest BCUT2D eigenvalue weighted by Crippen LogP contribution is -2.42. The highest BCUT2D eigenvalue weighted by Crippen LogP contribution is 2.42. The molecule has 1 spiro atoms. The molecule has 0 saturated heterocycles. The van der Waals surface area contributed by atoms with Crippen LogP contribution in [0.25, 0.3) is 0 Å². The SMILES string of the molecule is COc1ccccc1C1=NNC2(C1)C(=O)Nc1ccccc12. The molecule has 1 atom stereocenters. The molecule has 2 heterocycles. The zero-order valence-electron chi connectivity index (χ0n) is 12.1. The van der Waals surface area contributed by atoms with Gasteiger partial charge in [-0.15, -0.1) is 0 Å². The number of hydrogen-bond acceptors (Lipinski definition) is 4. The number of hydrazone groups is 1. The second-order valence-corrected chi connectivity index (χ2v) is 5.45. The van der Waals surface area contributed by atoms with Crippen molar-refractivity contribution in [1.82, 2.24) is 5.43 Å². The third-order valence-electron chi connectivity index (χ3n) is 4.25. The summed E-state index contributed by atoms with van der Waals surface area (Å²) < 4.78 is 5.40. The minimum Gasteiger partial charge on any atom is -0.496 e. The second-order valence-electron chi connectivity index (χ2n) is 5.45. The Hall–Kier alpha value is -2.82. The zero-order chi connectivity index (χ0) is 15.2. The van der Waals surface area contributed by atoms with Gasteiger partial charge >= 0.3 is 0 Å². The number of para-hydroxylation sites is 2. The highest BCUT2D eigenvalue weighted by molar-refractivity contribution is 6.13. The molecule has 4 rings (SSSR count).